The number of rotatable bonds is 7. The maximum atomic E-state index is 11.6. The third-order valence-corrected chi connectivity index (χ3v) is 2.47. The van der Waals surface area contributed by atoms with Crippen molar-refractivity contribution in [2.75, 3.05) is 6.54 Å². The zero-order chi connectivity index (χ0) is 12.7. The Morgan fingerprint density at radius 1 is 1.38 bits per heavy atom. The second-order valence-corrected chi connectivity index (χ2v) is 4.37. The molecule has 0 radical (unpaired) electrons. The fraction of sp³-hybridized carbons (Fsp3) is 0.818. The number of carbonyl (C=O) groups excluding carboxylic acids is 1. The second kappa shape index (κ2) is 7.22. The summed E-state index contributed by atoms with van der Waals surface area (Å²) in [6.45, 7) is 5.94. The number of hydrogen-bond donors (Lipinski definition) is 3. The number of carbonyl (C=O) groups is 2. The van der Waals surface area contributed by atoms with Gasteiger partial charge in [-0.25, -0.2) is 4.79 Å². The van der Waals surface area contributed by atoms with E-state index in [1.54, 1.807) is 0 Å². The van der Waals surface area contributed by atoms with Gasteiger partial charge in [0.2, 0.25) is 5.91 Å². The summed E-state index contributed by atoms with van der Waals surface area (Å²) in [6.07, 6.45) is 1.05. The quantitative estimate of drug-likeness (QED) is 0.596. The lowest BCUT2D eigenvalue weighted by Crippen LogP contribution is -2.45. The summed E-state index contributed by atoms with van der Waals surface area (Å²) in [6, 6.07) is -0.812. The van der Waals surface area contributed by atoms with Gasteiger partial charge in [0.1, 0.15) is 6.04 Å². The van der Waals surface area contributed by atoms with Crippen LogP contribution >= 0.6 is 0 Å². The third kappa shape index (κ3) is 5.11. The minimum Gasteiger partial charge on any atom is -0.480 e. The molecule has 0 aliphatic carbocycles. The number of amides is 1. The van der Waals surface area contributed by atoms with Crippen LogP contribution in [0.1, 0.15) is 33.6 Å². The van der Waals surface area contributed by atoms with Gasteiger partial charge in [-0.2, -0.15) is 0 Å². The Labute approximate surface area is 96.4 Å². The predicted octanol–water partition coefficient (Wildman–Crippen LogP) is 0.587. The summed E-state index contributed by atoms with van der Waals surface area (Å²) in [5, 5.41) is 11.5. The summed E-state index contributed by atoms with van der Waals surface area (Å²) in [5.74, 6) is -1.33. The highest BCUT2D eigenvalue weighted by molar-refractivity contribution is 5.85. The van der Waals surface area contributed by atoms with Crippen LogP contribution in [-0.2, 0) is 9.59 Å². The summed E-state index contributed by atoms with van der Waals surface area (Å²) in [7, 11) is 0. The van der Waals surface area contributed by atoms with Crippen LogP contribution in [0.5, 0.6) is 0 Å². The van der Waals surface area contributed by atoms with E-state index in [9.17, 15) is 9.59 Å². The van der Waals surface area contributed by atoms with Crippen LogP contribution in [0.2, 0.25) is 0 Å². The molecule has 5 heteroatoms. The van der Waals surface area contributed by atoms with Crippen molar-refractivity contribution >= 4 is 11.9 Å². The van der Waals surface area contributed by atoms with Crippen LogP contribution in [0.15, 0.2) is 0 Å². The smallest absolute Gasteiger partial charge is 0.326 e. The van der Waals surface area contributed by atoms with E-state index >= 15 is 0 Å². The van der Waals surface area contributed by atoms with Crippen LogP contribution in [0, 0.1) is 11.8 Å². The Morgan fingerprint density at radius 2 is 1.94 bits per heavy atom. The average molecular weight is 230 g/mol. The minimum atomic E-state index is -0.992. The molecule has 94 valence electrons. The minimum absolute atomic E-state index is 0.222. The molecule has 0 aromatic heterocycles. The van der Waals surface area contributed by atoms with Gasteiger partial charge in [0, 0.05) is 12.5 Å². The molecular weight excluding hydrogens is 208 g/mol. The molecule has 5 nitrogen and oxygen atoms in total. The van der Waals surface area contributed by atoms with Crippen molar-refractivity contribution in [3.05, 3.63) is 0 Å². The van der Waals surface area contributed by atoms with Gasteiger partial charge >= 0.3 is 5.97 Å². The first-order valence-corrected chi connectivity index (χ1v) is 5.65. The number of carboxylic acid groups (broad SMARTS) is 1. The second-order valence-electron chi connectivity index (χ2n) is 4.37. The summed E-state index contributed by atoms with van der Waals surface area (Å²) in [4.78, 5) is 22.6. The maximum absolute atomic E-state index is 11.6. The van der Waals surface area contributed by atoms with Gasteiger partial charge in [0.15, 0.2) is 0 Å². The largest absolute Gasteiger partial charge is 0.480 e. The molecule has 1 unspecified atom stereocenters. The Hall–Kier alpha value is -1.10. The fourth-order valence-electron chi connectivity index (χ4n) is 1.44. The topological polar surface area (TPSA) is 92.4 Å². The van der Waals surface area contributed by atoms with E-state index < -0.39 is 12.0 Å². The van der Waals surface area contributed by atoms with Crippen molar-refractivity contribution in [2.24, 2.45) is 17.6 Å². The molecule has 4 N–H and O–H groups in total. The predicted molar refractivity (Wildman–Crippen MR) is 61.9 cm³/mol. The van der Waals surface area contributed by atoms with Gasteiger partial charge in [0.05, 0.1) is 0 Å². The monoisotopic (exact) mass is 230 g/mol. The first-order valence-electron chi connectivity index (χ1n) is 5.65. The Kier molecular flexibility index (Phi) is 6.72. The molecule has 16 heavy (non-hydrogen) atoms. The van der Waals surface area contributed by atoms with E-state index in [1.165, 1.54) is 0 Å². The Balaban J connectivity index is 4.39. The Morgan fingerprint density at radius 3 is 2.25 bits per heavy atom. The first kappa shape index (κ1) is 14.9. The third-order valence-electron chi connectivity index (χ3n) is 2.47. The Bertz CT molecular complexity index is 237. The normalized spacial score (nSPS) is 14.6. The van der Waals surface area contributed by atoms with E-state index in [2.05, 4.69) is 5.32 Å². The van der Waals surface area contributed by atoms with Crippen molar-refractivity contribution in [2.45, 2.75) is 39.7 Å². The lowest BCUT2D eigenvalue weighted by molar-refractivity contribution is -0.142. The number of hydrogen-bond acceptors (Lipinski definition) is 3. The van der Waals surface area contributed by atoms with Crippen molar-refractivity contribution < 1.29 is 14.7 Å². The van der Waals surface area contributed by atoms with Crippen molar-refractivity contribution in [3.8, 4) is 0 Å². The van der Waals surface area contributed by atoms with Crippen molar-refractivity contribution in [3.63, 3.8) is 0 Å². The maximum Gasteiger partial charge on any atom is 0.326 e. The van der Waals surface area contributed by atoms with E-state index in [1.807, 2.05) is 20.8 Å². The molecule has 0 saturated carbocycles. The molecule has 0 aromatic carbocycles. The number of nitrogens with two attached hydrogens (primary N) is 1. The van der Waals surface area contributed by atoms with Crippen molar-refractivity contribution in [1.82, 2.24) is 5.32 Å². The molecule has 0 rings (SSSR count). The van der Waals surface area contributed by atoms with Crippen molar-refractivity contribution in [1.29, 1.82) is 0 Å². The van der Waals surface area contributed by atoms with Gasteiger partial charge in [-0.15, -0.1) is 0 Å². The van der Waals surface area contributed by atoms with E-state index in [0.717, 1.165) is 0 Å². The zero-order valence-corrected chi connectivity index (χ0v) is 10.2. The van der Waals surface area contributed by atoms with Gasteiger partial charge in [-0.05, 0) is 18.8 Å². The van der Waals surface area contributed by atoms with E-state index in [4.69, 9.17) is 10.8 Å². The zero-order valence-electron chi connectivity index (χ0n) is 10.2. The van der Waals surface area contributed by atoms with Crippen LogP contribution in [-0.4, -0.2) is 29.6 Å². The van der Waals surface area contributed by atoms with Gasteiger partial charge < -0.3 is 16.2 Å². The molecular formula is C11H22N2O3. The number of nitrogens with one attached hydrogen (secondary N) is 1. The van der Waals surface area contributed by atoms with Gasteiger partial charge in [-0.1, -0.05) is 20.8 Å². The highest BCUT2D eigenvalue weighted by atomic mass is 16.4. The molecule has 0 saturated heterocycles. The lowest BCUT2D eigenvalue weighted by atomic mass is 10.0. The molecule has 2 atom stereocenters. The standard InChI is InChI=1S/C11H22N2O3/c1-4-8(6-12)10(14)13-9(11(15)16)5-7(2)3/h7-9H,4-6,12H2,1-3H3,(H,13,14)(H,15,16)/t8?,9-/m0/s1. The van der Waals surface area contributed by atoms with Crippen LogP contribution in [0.25, 0.3) is 0 Å². The summed E-state index contributed by atoms with van der Waals surface area (Å²) < 4.78 is 0. The average Bonchev–Trinajstić information content (AvgIpc) is 2.17. The molecule has 0 aromatic rings. The highest BCUT2D eigenvalue weighted by Gasteiger charge is 2.24. The van der Waals surface area contributed by atoms with Gasteiger partial charge in [-0.3, -0.25) is 4.79 Å². The highest BCUT2D eigenvalue weighted by Crippen LogP contribution is 2.07. The molecule has 0 heterocycles. The molecule has 0 aliphatic heterocycles. The van der Waals surface area contributed by atoms with Crippen LogP contribution < -0.4 is 11.1 Å². The molecule has 0 bridgehead atoms. The van der Waals surface area contributed by atoms with E-state index in [0.29, 0.717) is 12.8 Å². The van der Waals surface area contributed by atoms with Gasteiger partial charge in [0.25, 0.3) is 0 Å². The lowest BCUT2D eigenvalue weighted by Gasteiger charge is -2.19. The molecule has 0 spiro atoms. The molecule has 1 amide bonds. The summed E-state index contributed by atoms with van der Waals surface area (Å²) in [5.41, 5.74) is 5.43. The number of carboxylic acids is 1. The molecule has 0 fully saturated rings. The fourth-order valence-corrected chi connectivity index (χ4v) is 1.44. The van der Waals surface area contributed by atoms with Crippen LogP contribution in [0.3, 0.4) is 0 Å². The first-order chi connectivity index (χ1) is 7.42. The van der Waals surface area contributed by atoms with E-state index in [-0.39, 0.29) is 24.3 Å². The summed E-state index contributed by atoms with van der Waals surface area (Å²) >= 11 is 0. The molecule has 0 aliphatic rings. The SMILES string of the molecule is CCC(CN)C(=O)N[C@@H](CC(C)C)C(=O)O. The number of aliphatic carboxylic acids is 1. The van der Waals surface area contributed by atoms with Crippen LogP contribution in [0.4, 0.5) is 0 Å².